The SMILES string of the molecule is C=C1/C=C\C=C/Cc2ccccc2C12c1ccccc1-c1cc(N3c4ccc(-c5ccccc5)cc4C(C)(C)c4cc(-c5ccccc5)ccc43)ccc12. The average molecular weight is 692 g/mol. The number of hydrogen-bond donors (Lipinski definition) is 0. The molecule has 0 saturated heterocycles. The van der Waals surface area contributed by atoms with Crippen LogP contribution in [0.15, 0.2) is 200 Å². The first-order chi connectivity index (χ1) is 26.5. The number of hydrogen-bond acceptors (Lipinski definition) is 1. The van der Waals surface area contributed by atoms with Crippen molar-refractivity contribution in [2.24, 2.45) is 0 Å². The van der Waals surface area contributed by atoms with E-state index in [0.717, 1.165) is 17.7 Å². The number of allylic oxidation sites excluding steroid dienone is 5. The molecule has 1 heteroatoms. The lowest BCUT2D eigenvalue weighted by Gasteiger charge is -2.43. The number of nitrogens with zero attached hydrogens (tertiary/aromatic N) is 1. The van der Waals surface area contributed by atoms with Gasteiger partial charge in [0, 0.05) is 11.1 Å². The zero-order chi connectivity index (χ0) is 36.4. The summed E-state index contributed by atoms with van der Waals surface area (Å²) in [7, 11) is 0. The zero-order valence-electron chi connectivity index (χ0n) is 30.8. The molecule has 258 valence electrons. The number of rotatable bonds is 3. The molecule has 0 N–H and O–H groups in total. The minimum atomic E-state index is -0.502. The van der Waals surface area contributed by atoms with E-state index in [-0.39, 0.29) is 5.41 Å². The highest BCUT2D eigenvalue weighted by Gasteiger charge is 2.47. The van der Waals surface area contributed by atoms with Crippen molar-refractivity contribution >= 4 is 17.1 Å². The minimum Gasteiger partial charge on any atom is -0.310 e. The fourth-order valence-corrected chi connectivity index (χ4v) is 9.49. The van der Waals surface area contributed by atoms with E-state index in [1.54, 1.807) is 0 Å². The van der Waals surface area contributed by atoms with Gasteiger partial charge >= 0.3 is 0 Å². The van der Waals surface area contributed by atoms with E-state index >= 15 is 0 Å². The Bertz CT molecular complexity index is 2580. The van der Waals surface area contributed by atoms with E-state index in [1.807, 2.05) is 0 Å². The van der Waals surface area contributed by atoms with E-state index in [9.17, 15) is 0 Å². The van der Waals surface area contributed by atoms with Gasteiger partial charge in [0.05, 0.1) is 16.8 Å². The maximum Gasteiger partial charge on any atom is 0.0710 e. The van der Waals surface area contributed by atoms with Crippen LogP contribution in [0.1, 0.15) is 47.2 Å². The van der Waals surface area contributed by atoms with Crippen LogP contribution in [0.25, 0.3) is 33.4 Å². The van der Waals surface area contributed by atoms with Crippen molar-refractivity contribution in [3.8, 4) is 33.4 Å². The first kappa shape index (κ1) is 32.2. The monoisotopic (exact) mass is 691 g/mol. The Kier molecular flexibility index (Phi) is 7.35. The van der Waals surface area contributed by atoms with Gasteiger partial charge in [-0.1, -0.05) is 172 Å². The van der Waals surface area contributed by atoms with Crippen molar-refractivity contribution in [3.05, 3.63) is 234 Å². The summed E-state index contributed by atoms with van der Waals surface area (Å²) in [5.41, 5.74) is 19.2. The molecule has 0 radical (unpaired) electrons. The number of fused-ring (bicyclic) bond motifs is 9. The highest BCUT2D eigenvalue weighted by atomic mass is 15.2. The quantitative estimate of drug-likeness (QED) is 0.178. The van der Waals surface area contributed by atoms with Gasteiger partial charge in [0.2, 0.25) is 0 Å². The van der Waals surface area contributed by atoms with E-state index in [1.165, 1.54) is 78.1 Å². The van der Waals surface area contributed by atoms with Crippen molar-refractivity contribution in [1.29, 1.82) is 0 Å². The molecule has 54 heavy (non-hydrogen) atoms. The van der Waals surface area contributed by atoms with Crippen LogP contribution >= 0.6 is 0 Å². The topological polar surface area (TPSA) is 3.24 Å². The van der Waals surface area contributed by atoms with Crippen LogP contribution in [0.2, 0.25) is 0 Å². The van der Waals surface area contributed by atoms with Crippen LogP contribution in [0.4, 0.5) is 17.1 Å². The summed E-state index contributed by atoms with van der Waals surface area (Å²) in [5.74, 6) is 0. The molecule has 7 aromatic rings. The molecular formula is C53H41N. The molecule has 0 saturated carbocycles. The smallest absolute Gasteiger partial charge is 0.0710 e. The van der Waals surface area contributed by atoms with E-state index in [0.29, 0.717) is 0 Å². The van der Waals surface area contributed by atoms with Crippen molar-refractivity contribution in [1.82, 2.24) is 0 Å². The maximum atomic E-state index is 4.81. The van der Waals surface area contributed by atoms with Crippen LogP contribution in [-0.2, 0) is 17.3 Å². The normalized spacial score (nSPS) is 18.6. The fraction of sp³-hybridized carbons (Fsp3) is 0.0943. The Morgan fingerprint density at radius 1 is 0.481 bits per heavy atom. The van der Waals surface area contributed by atoms with Gasteiger partial charge in [-0.2, -0.15) is 0 Å². The molecular weight excluding hydrogens is 651 g/mol. The summed E-state index contributed by atoms with van der Waals surface area (Å²) in [6.07, 6.45) is 9.66. The second-order valence-electron chi connectivity index (χ2n) is 15.4. The Morgan fingerprint density at radius 3 is 1.72 bits per heavy atom. The Labute approximate surface area is 318 Å². The molecule has 0 amide bonds. The predicted molar refractivity (Wildman–Crippen MR) is 227 cm³/mol. The van der Waals surface area contributed by atoms with E-state index in [4.69, 9.17) is 6.58 Å². The van der Waals surface area contributed by atoms with Crippen LogP contribution in [0, 0.1) is 0 Å². The second-order valence-corrected chi connectivity index (χ2v) is 15.4. The van der Waals surface area contributed by atoms with Gasteiger partial charge in [-0.15, -0.1) is 0 Å². The van der Waals surface area contributed by atoms with E-state index in [2.05, 4.69) is 207 Å². The van der Waals surface area contributed by atoms with Gasteiger partial charge in [-0.25, -0.2) is 0 Å². The highest BCUT2D eigenvalue weighted by molar-refractivity contribution is 5.93. The highest BCUT2D eigenvalue weighted by Crippen LogP contribution is 2.59. The van der Waals surface area contributed by atoms with Gasteiger partial charge in [-0.3, -0.25) is 0 Å². The molecule has 1 nitrogen and oxygen atoms in total. The molecule has 2 aliphatic carbocycles. The van der Waals surface area contributed by atoms with Crippen molar-refractivity contribution in [3.63, 3.8) is 0 Å². The molecule has 0 fully saturated rings. The second kappa shape index (κ2) is 12.3. The third-order valence-electron chi connectivity index (χ3n) is 12.1. The summed E-state index contributed by atoms with van der Waals surface area (Å²) in [4.78, 5) is 2.50. The first-order valence-electron chi connectivity index (χ1n) is 19.0. The van der Waals surface area contributed by atoms with Crippen molar-refractivity contribution < 1.29 is 0 Å². The van der Waals surface area contributed by atoms with Gasteiger partial charge in [0.15, 0.2) is 0 Å². The molecule has 0 aromatic heterocycles. The van der Waals surface area contributed by atoms with Crippen molar-refractivity contribution in [2.45, 2.75) is 31.1 Å². The van der Waals surface area contributed by atoms with Crippen molar-refractivity contribution in [2.75, 3.05) is 4.90 Å². The van der Waals surface area contributed by atoms with Crippen LogP contribution < -0.4 is 4.90 Å². The Morgan fingerprint density at radius 2 is 1.06 bits per heavy atom. The molecule has 1 spiro atoms. The molecule has 0 bridgehead atoms. The molecule has 1 aliphatic heterocycles. The van der Waals surface area contributed by atoms with E-state index < -0.39 is 5.41 Å². The summed E-state index contributed by atoms with van der Waals surface area (Å²) >= 11 is 0. The van der Waals surface area contributed by atoms with Crippen LogP contribution in [-0.4, -0.2) is 0 Å². The summed E-state index contributed by atoms with van der Waals surface area (Å²) in [6.45, 7) is 9.58. The molecule has 1 heterocycles. The van der Waals surface area contributed by atoms with Gasteiger partial charge in [0.1, 0.15) is 0 Å². The summed E-state index contributed by atoms with van der Waals surface area (Å²) in [6, 6.07) is 60.7. The fourth-order valence-electron chi connectivity index (χ4n) is 9.49. The minimum absolute atomic E-state index is 0.247. The third kappa shape index (κ3) is 4.71. The summed E-state index contributed by atoms with van der Waals surface area (Å²) in [5, 5.41) is 0. The third-order valence-corrected chi connectivity index (χ3v) is 12.1. The molecule has 1 atom stereocenters. The van der Waals surface area contributed by atoms with Gasteiger partial charge in [0.25, 0.3) is 0 Å². The number of anilines is 3. The molecule has 3 aliphatic rings. The van der Waals surface area contributed by atoms with Crippen LogP contribution in [0.5, 0.6) is 0 Å². The lowest BCUT2D eigenvalue weighted by molar-refractivity contribution is 0.632. The maximum absolute atomic E-state index is 4.81. The average Bonchev–Trinajstić information content (AvgIpc) is 3.54. The summed E-state index contributed by atoms with van der Waals surface area (Å²) < 4.78 is 0. The Hall–Kier alpha value is -6.44. The predicted octanol–water partition coefficient (Wildman–Crippen LogP) is 13.7. The van der Waals surface area contributed by atoms with Gasteiger partial charge in [-0.05, 0) is 115 Å². The standard InChI is InChI=1S/C53H41N/c1-36-17-7-4-12-22-39-23-13-15-25-45(39)53(36)46-26-16-14-24-43(46)44-35-42(29-30-47(44)53)54-50-31-27-40(37-18-8-5-9-19-37)33-48(50)52(2,3)49-34-41(28-32-51(49)54)38-20-10-6-11-21-38/h4-21,23-35H,1,22H2,2-3H3/b12-4-,17-7-. The molecule has 7 aromatic carbocycles. The largest absolute Gasteiger partial charge is 0.310 e. The molecule has 1 unspecified atom stereocenters. The van der Waals surface area contributed by atoms with Gasteiger partial charge < -0.3 is 4.90 Å². The Balaban J connectivity index is 1.22. The number of benzene rings is 7. The zero-order valence-corrected chi connectivity index (χ0v) is 30.8. The lowest BCUT2D eigenvalue weighted by atomic mass is 9.66. The lowest BCUT2D eigenvalue weighted by Crippen LogP contribution is -2.31. The first-order valence-corrected chi connectivity index (χ1v) is 19.0. The van der Waals surface area contributed by atoms with Crippen LogP contribution in [0.3, 0.4) is 0 Å². The molecule has 10 rings (SSSR count).